The van der Waals surface area contributed by atoms with Gasteiger partial charge in [-0.15, -0.1) is 0 Å². The Bertz CT molecular complexity index is 1460. The molecule has 0 bridgehead atoms. The van der Waals surface area contributed by atoms with Gasteiger partial charge in [0, 0.05) is 18.4 Å². The van der Waals surface area contributed by atoms with Gasteiger partial charge in [0.05, 0.1) is 11.5 Å². The molecule has 3 saturated carbocycles. The zero-order chi connectivity index (χ0) is 45.4. The van der Waals surface area contributed by atoms with Gasteiger partial charge in [0.15, 0.2) is 0 Å². The normalized spacial score (nSPS) is 29.3. The molecule has 352 valence electrons. The van der Waals surface area contributed by atoms with Crippen LogP contribution in [-0.2, 0) is 23.8 Å². The first kappa shape index (κ1) is 52.0. The molecule has 0 spiro atoms. The van der Waals surface area contributed by atoms with Crippen molar-refractivity contribution in [2.45, 2.75) is 211 Å². The zero-order valence-corrected chi connectivity index (χ0v) is 42.6. The Morgan fingerprint density at radius 1 is 0.852 bits per heavy atom. The average molecular weight is 852 g/mol. The summed E-state index contributed by atoms with van der Waals surface area (Å²) in [5.41, 5.74) is 1.43. The second-order valence-corrected chi connectivity index (χ2v) is 24.1. The maximum absolute atomic E-state index is 13.2. The first-order valence-electron chi connectivity index (χ1n) is 25.5. The highest BCUT2D eigenvalue weighted by Gasteiger charge is 2.59. The van der Waals surface area contributed by atoms with Crippen LogP contribution in [0.3, 0.4) is 0 Å². The lowest BCUT2D eigenvalue weighted by Crippen LogP contribution is -2.51. The predicted molar refractivity (Wildman–Crippen MR) is 255 cm³/mol. The van der Waals surface area contributed by atoms with Crippen molar-refractivity contribution in [2.24, 2.45) is 68.5 Å². The fourth-order valence-electron chi connectivity index (χ4n) is 12.5. The molecule has 0 aromatic carbocycles. The lowest BCUT2D eigenvalue weighted by atomic mass is 9.47. The van der Waals surface area contributed by atoms with Gasteiger partial charge in [0.25, 0.3) is 0 Å². The summed E-state index contributed by atoms with van der Waals surface area (Å²) >= 11 is 0. The molecule has 61 heavy (non-hydrogen) atoms. The molecule has 0 heterocycles. The van der Waals surface area contributed by atoms with Crippen molar-refractivity contribution in [1.29, 1.82) is 0 Å². The van der Waals surface area contributed by atoms with Crippen LogP contribution < -0.4 is 0 Å². The highest BCUT2D eigenvalue weighted by Crippen LogP contribution is 2.67. The van der Waals surface area contributed by atoms with Crippen LogP contribution in [0.1, 0.15) is 199 Å². The molecule has 9 atom stereocenters. The molecule has 4 aliphatic rings. The topological polar surface area (TPSA) is 65.1 Å². The number of allylic oxidation sites excluding steroid dienone is 2. The molecule has 0 N–H and O–H groups in total. The lowest BCUT2D eigenvalue weighted by molar-refractivity contribution is -0.160. The van der Waals surface area contributed by atoms with Crippen molar-refractivity contribution in [3.63, 3.8) is 0 Å². The van der Waals surface area contributed by atoms with E-state index in [2.05, 4.69) is 93.2 Å². The molecule has 6 nitrogen and oxygen atoms in total. The van der Waals surface area contributed by atoms with Gasteiger partial charge in [-0.2, -0.15) is 0 Å². The van der Waals surface area contributed by atoms with E-state index in [1.54, 1.807) is 5.57 Å². The monoisotopic (exact) mass is 852 g/mol. The second-order valence-electron chi connectivity index (χ2n) is 24.1. The molecule has 9 unspecified atom stereocenters. The predicted octanol–water partition coefficient (Wildman–Crippen LogP) is 14.1. The first-order chi connectivity index (χ1) is 28.5. The van der Waals surface area contributed by atoms with Crippen LogP contribution in [0.25, 0.3) is 0 Å². The third-order valence-electron chi connectivity index (χ3n) is 18.3. The van der Waals surface area contributed by atoms with E-state index in [1.807, 2.05) is 34.0 Å². The number of hydrogen-bond donors (Lipinski definition) is 0. The molecule has 0 saturated heterocycles. The summed E-state index contributed by atoms with van der Waals surface area (Å²) < 4.78 is 18.7. The molecule has 0 aromatic rings. The molecule has 0 aromatic heterocycles. The molecule has 4 rings (SSSR count). The van der Waals surface area contributed by atoms with E-state index in [1.165, 1.54) is 64.2 Å². The summed E-state index contributed by atoms with van der Waals surface area (Å²) in [7, 11) is 4.07. The van der Waals surface area contributed by atoms with Crippen molar-refractivity contribution >= 4 is 11.9 Å². The summed E-state index contributed by atoms with van der Waals surface area (Å²) in [6, 6.07) is 0. The Kier molecular flexibility index (Phi) is 18.8. The van der Waals surface area contributed by atoms with E-state index < -0.39 is 5.41 Å². The average Bonchev–Trinajstić information content (AvgIpc) is 3.54. The zero-order valence-electron chi connectivity index (χ0n) is 42.6. The molecule has 4 aliphatic carbocycles. The number of carbonyl (C=O) groups is 2. The van der Waals surface area contributed by atoms with Crippen LogP contribution in [-0.4, -0.2) is 62.9 Å². The third kappa shape index (κ3) is 12.8. The van der Waals surface area contributed by atoms with Gasteiger partial charge < -0.3 is 19.1 Å². The molecule has 3 fully saturated rings. The van der Waals surface area contributed by atoms with Gasteiger partial charge in [-0.1, -0.05) is 126 Å². The Balaban J connectivity index is 1.28. The molecular formula is C55H97NO5. The fourth-order valence-corrected chi connectivity index (χ4v) is 12.5. The van der Waals surface area contributed by atoms with E-state index in [4.69, 9.17) is 14.2 Å². The minimum absolute atomic E-state index is 0.114. The van der Waals surface area contributed by atoms with Gasteiger partial charge in [0.2, 0.25) is 0 Å². The Morgan fingerprint density at radius 2 is 1.57 bits per heavy atom. The highest BCUT2D eigenvalue weighted by atomic mass is 16.5. The number of ether oxygens (including phenoxy) is 3. The molecule has 0 aliphatic heterocycles. The van der Waals surface area contributed by atoms with Crippen molar-refractivity contribution in [2.75, 3.05) is 33.9 Å². The van der Waals surface area contributed by atoms with Gasteiger partial charge in [-0.25, -0.2) is 0 Å². The minimum Gasteiger partial charge on any atom is -0.462 e. The molecular weight excluding hydrogens is 755 g/mol. The SMILES string of the molecule is CC(C)CCCC(C)C1CCC2C3CC=C4CC(OCCCCCC(OC(=O)CCCN(C)C)C(C)(C)C(C)(C)C=CCOC(=O)C(C)(C)C(C)C)CCC4(C)C3CCC12C. The smallest absolute Gasteiger partial charge is 0.312 e. The van der Waals surface area contributed by atoms with Crippen LogP contribution in [0.5, 0.6) is 0 Å². The summed E-state index contributed by atoms with van der Waals surface area (Å²) in [5.74, 6) is 5.14. The van der Waals surface area contributed by atoms with E-state index in [0.29, 0.717) is 23.4 Å². The third-order valence-corrected chi connectivity index (χ3v) is 18.3. The van der Waals surface area contributed by atoms with Crippen molar-refractivity contribution in [1.82, 2.24) is 4.90 Å². The lowest BCUT2D eigenvalue weighted by Gasteiger charge is -2.58. The Hall–Kier alpha value is -1.66. The highest BCUT2D eigenvalue weighted by molar-refractivity contribution is 5.76. The fraction of sp³-hybridized carbons (Fsp3) is 0.891. The van der Waals surface area contributed by atoms with E-state index in [9.17, 15) is 9.59 Å². The summed E-state index contributed by atoms with van der Waals surface area (Å²) in [6.45, 7) is 31.4. The van der Waals surface area contributed by atoms with Gasteiger partial charge in [-0.05, 0) is 169 Å². The van der Waals surface area contributed by atoms with Crippen LogP contribution in [0.15, 0.2) is 23.8 Å². The minimum atomic E-state index is -0.530. The number of carbonyl (C=O) groups excluding carboxylic acids is 2. The summed E-state index contributed by atoms with van der Waals surface area (Å²) in [6.07, 6.45) is 26.9. The van der Waals surface area contributed by atoms with Crippen LogP contribution in [0, 0.1) is 68.5 Å². The summed E-state index contributed by atoms with van der Waals surface area (Å²) in [4.78, 5) is 28.1. The van der Waals surface area contributed by atoms with E-state index in [0.717, 1.165) is 87.2 Å². The first-order valence-corrected chi connectivity index (χ1v) is 25.5. The maximum Gasteiger partial charge on any atom is 0.312 e. The molecule has 0 amide bonds. The molecule has 0 radical (unpaired) electrons. The quantitative estimate of drug-likeness (QED) is 0.0547. The van der Waals surface area contributed by atoms with E-state index >= 15 is 0 Å². The number of unbranched alkanes of at least 4 members (excludes halogenated alkanes) is 2. The van der Waals surface area contributed by atoms with Crippen molar-refractivity contribution in [3.8, 4) is 0 Å². The number of esters is 2. The maximum atomic E-state index is 13.2. The number of hydrogen-bond acceptors (Lipinski definition) is 6. The number of fused-ring (bicyclic) bond motifs is 5. The Labute approximate surface area is 376 Å². The molecule has 6 heteroatoms. The van der Waals surface area contributed by atoms with Gasteiger partial charge in [0.1, 0.15) is 12.7 Å². The van der Waals surface area contributed by atoms with Gasteiger partial charge >= 0.3 is 11.9 Å². The van der Waals surface area contributed by atoms with Crippen molar-refractivity contribution in [3.05, 3.63) is 23.8 Å². The van der Waals surface area contributed by atoms with Gasteiger partial charge in [-0.3, -0.25) is 9.59 Å². The van der Waals surface area contributed by atoms with Crippen LogP contribution >= 0.6 is 0 Å². The largest absolute Gasteiger partial charge is 0.462 e. The standard InChI is InChI=1S/C55H97NO5/c1-39(2)22-19-23-41(5)45-28-29-46-44-27-26-42-38-43(30-33-54(42,12)47(44)31-34-55(45,46)13)59-36-18-16-17-24-48(61-49(57)25-20-35-56(14)15)53(10,11)51(6,7)32-21-37-60-50(58)52(8,9)40(3)4/h21,26,32,39-41,43-48H,16-20,22-25,27-31,33-38H2,1-15H3. The Morgan fingerprint density at radius 3 is 2.25 bits per heavy atom. The number of rotatable bonds is 24. The van der Waals surface area contributed by atoms with Crippen LogP contribution in [0.2, 0.25) is 0 Å². The van der Waals surface area contributed by atoms with E-state index in [-0.39, 0.29) is 41.4 Å². The summed E-state index contributed by atoms with van der Waals surface area (Å²) in [5, 5.41) is 0. The van der Waals surface area contributed by atoms with Crippen molar-refractivity contribution < 1.29 is 23.8 Å². The van der Waals surface area contributed by atoms with Crippen LogP contribution in [0.4, 0.5) is 0 Å². The number of nitrogens with zero attached hydrogens (tertiary/aromatic N) is 1. The second kappa shape index (κ2) is 22.0.